The van der Waals surface area contributed by atoms with Crippen molar-refractivity contribution in [3.63, 3.8) is 0 Å². The summed E-state index contributed by atoms with van der Waals surface area (Å²) in [6.45, 7) is 1.23. The number of likely N-dealkylation sites (tertiary alicyclic amines) is 1. The second kappa shape index (κ2) is 6.92. The zero-order valence-corrected chi connectivity index (χ0v) is 12.9. The standard InChI is InChI=1S/C19H20FNO2/c20-17-8-6-16(7-9-17)19(23)21-12-10-15(11-13-21)18(22)14-4-2-1-3-5-14/h1-9,15,18,22H,10-13H2. The Balaban J connectivity index is 1.60. The van der Waals surface area contributed by atoms with Gasteiger partial charge in [0, 0.05) is 18.7 Å². The lowest BCUT2D eigenvalue weighted by atomic mass is 9.87. The Bertz CT molecular complexity index is 649. The Hall–Kier alpha value is -2.20. The Morgan fingerprint density at radius 3 is 2.26 bits per heavy atom. The molecule has 120 valence electrons. The molecule has 1 amide bonds. The van der Waals surface area contributed by atoms with Crippen LogP contribution < -0.4 is 0 Å². The van der Waals surface area contributed by atoms with E-state index in [0.29, 0.717) is 18.7 Å². The number of aliphatic hydroxyl groups is 1. The SMILES string of the molecule is O=C(c1ccc(F)cc1)N1CCC(C(O)c2ccccc2)CC1. The minimum absolute atomic E-state index is 0.0716. The minimum atomic E-state index is -0.487. The predicted molar refractivity (Wildman–Crippen MR) is 86.4 cm³/mol. The van der Waals surface area contributed by atoms with Crippen molar-refractivity contribution in [3.05, 3.63) is 71.5 Å². The molecule has 0 aliphatic carbocycles. The molecule has 1 atom stereocenters. The first-order valence-corrected chi connectivity index (χ1v) is 7.93. The van der Waals surface area contributed by atoms with Gasteiger partial charge in [0.05, 0.1) is 6.10 Å². The third-order valence-corrected chi connectivity index (χ3v) is 4.51. The van der Waals surface area contributed by atoms with Gasteiger partial charge in [0.1, 0.15) is 5.82 Å². The summed E-state index contributed by atoms with van der Waals surface area (Å²) in [6, 6.07) is 15.3. The van der Waals surface area contributed by atoms with E-state index < -0.39 is 6.10 Å². The van der Waals surface area contributed by atoms with Crippen LogP contribution in [0.15, 0.2) is 54.6 Å². The Morgan fingerprint density at radius 1 is 1.04 bits per heavy atom. The molecular formula is C19H20FNO2. The maximum absolute atomic E-state index is 12.9. The molecular weight excluding hydrogens is 293 g/mol. The van der Waals surface area contributed by atoms with Crippen molar-refractivity contribution in [2.45, 2.75) is 18.9 Å². The summed E-state index contributed by atoms with van der Waals surface area (Å²) < 4.78 is 12.9. The number of carbonyl (C=O) groups is 1. The summed E-state index contributed by atoms with van der Waals surface area (Å²) in [5.74, 6) is -0.251. The molecule has 0 aromatic heterocycles. The van der Waals surface area contributed by atoms with Crippen molar-refractivity contribution in [1.82, 2.24) is 4.90 Å². The normalized spacial score (nSPS) is 17.0. The number of hydrogen-bond acceptors (Lipinski definition) is 2. The monoisotopic (exact) mass is 313 g/mol. The highest BCUT2D eigenvalue weighted by molar-refractivity contribution is 5.94. The lowest BCUT2D eigenvalue weighted by Crippen LogP contribution is -2.39. The van der Waals surface area contributed by atoms with Crippen LogP contribution in [0, 0.1) is 11.7 Å². The van der Waals surface area contributed by atoms with Gasteiger partial charge in [0.25, 0.3) is 5.91 Å². The molecule has 1 heterocycles. The molecule has 1 fully saturated rings. The van der Waals surface area contributed by atoms with Crippen molar-refractivity contribution >= 4 is 5.91 Å². The molecule has 1 aliphatic rings. The van der Waals surface area contributed by atoms with Gasteiger partial charge in [0.2, 0.25) is 0 Å². The highest BCUT2D eigenvalue weighted by Gasteiger charge is 2.28. The van der Waals surface area contributed by atoms with E-state index in [-0.39, 0.29) is 17.6 Å². The largest absolute Gasteiger partial charge is 0.388 e. The molecule has 0 bridgehead atoms. The van der Waals surface area contributed by atoms with E-state index in [9.17, 15) is 14.3 Å². The summed E-state index contributed by atoms with van der Waals surface area (Å²) in [6.07, 6.45) is 1.05. The molecule has 4 heteroatoms. The topological polar surface area (TPSA) is 40.5 Å². The van der Waals surface area contributed by atoms with Gasteiger partial charge in [-0.25, -0.2) is 4.39 Å². The molecule has 0 saturated carbocycles. The lowest BCUT2D eigenvalue weighted by molar-refractivity contribution is 0.0462. The van der Waals surface area contributed by atoms with E-state index in [1.54, 1.807) is 4.90 Å². The van der Waals surface area contributed by atoms with E-state index in [0.717, 1.165) is 18.4 Å². The maximum atomic E-state index is 12.9. The van der Waals surface area contributed by atoms with Gasteiger partial charge in [-0.3, -0.25) is 4.79 Å². The average molecular weight is 313 g/mol. The number of rotatable bonds is 3. The molecule has 1 unspecified atom stereocenters. The van der Waals surface area contributed by atoms with Gasteiger partial charge < -0.3 is 10.0 Å². The number of aliphatic hydroxyl groups excluding tert-OH is 1. The van der Waals surface area contributed by atoms with Crippen molar-refractivity contribution in [2.24, 2.45) is 5.92 Å². The van der Waals surface area contributed by atoms with Crippen molar-refractivity contribution in [1.29, 1.82) is 0 Å². The number of benzene rings is 2. The zero-order valence-electron chi connectivity index (χ0n) is 12.9. The van der Waals surface area contributed by atoms with E-state index in [2.05, 4.69) is 0 Å². The van der Waals surface area contributed by atoms with Crippen LogP contribution in [0.3, 0.4) is 0 Å². The second-order valence-electron chi connectivity index (χ2n) is 5.99. The van der Waals surface area contributed by atoms with Crippen molar-refractivity contribution in [2.75, 3.05) is 13.1 Å². The van der Waals surface area contributed by atoms with E-state index in [4.69, 9.17) is 0 Å². The molecule has 2 aromatic rings. The number of hydrogen-bond donors (Lipinski definition) is 1. The number of piperidine rings is 1. The lowest BCUT2D eigenvalue weighted by Gasteiger charge is -2.34. The Kier molecular flexibility index (Phi) is 4.72. The minimum Gasteiger partial charge on any atom is -0.388 e. The number of amides is 1. The molecule has 1 aliphatic heterocycles. The van der Waals surface area contributed by atoms with Crippen LogP contribution in [0.25, 0.3) is 0 Å². The molecule has 2 aromatic carbocycles. The van der Waals surface area contributed by atoms with E-state index in [1.165, 1.54) is 24.3 Å². The van der Waals surface area contributed by atoms with Crippen LogP contribution in [0.5, 0.6) is 0 Å². The third-order valence-electron chi connectivity index (χ3n) is 4.51. The van der Waals surface area contributed by atoms with Gasteiger partial charge in [-0.15, -0.1) is 0 Å². The molecule has 3 nitrogen and oxygen atoms in total. The Morgan fingerprint density at radius 2 is 1.65 bits per heavy atom. The van der Waals surface area contributed by atoms with Crippen LogP contribution in [0.1, 0.15) is 34.9 Å². The maximum Gasteiger partial charge on any atom is 0.253 e. The van der Waals surface area contributed by atoms with Crippen LogP contribution in [-0.4, -0.2) is 29.0 Å². The fourth-order valence-electron chi connectivity index (χ4n) is 3.12. The molecule has 0 spiro atoms. The summed E-state index contributed by atoms with van der Waals surface area (Å²) in [7, 11) is 0. The van der Waals surface area contributed by atoms with E-state index in [1.807, 2.05) is 30.3 Å². The van der Waals surface area contributed by atoms with Gasteiger partial charge >= 0.3 is 0 Å². The molecule has 3 rings (SSSR count). The Labute approximate surface area is 135 Å². The highest BCUT2D eigenvalue weighted by Crippen LogP contribution is 2.31. The highest BCUT2D eigenvalue weighted by atomic mass is 19.1. The first kappa shape index (κ1) is 15.7. The number of carbonyl (C=O) groups excluding carboxylic acids is 1. The molecule has 23 heavy (non-hydrogen) atoms. The summed E-state index contributed by atoms with van der Waals surface area (Å²) >= 11 is 0. The summed E-state index contributed by atoms with van der Waals surface area (Å²) in [4.78, 5) is 14.2. The average Bonchev–Trinajstić information content (AvgIpc) is 2.62. The summed E-state index contributed by atoms with van der Waals surface area (Å²) in [5.41, 5.74) is 1.43. The predicted octanol–water partition coefficient (Wildman–Crippen LogP) is 3.41. The summed E-state index contributed by atoms with van der Waals surface area (Å²) in [5, 5.41) is 10.5. The van der Waals surface area contributed by atoms with Gasteiger partial charge in [-0.05, 0) is 48.6 Å². The zero-order chi connectivity index (χ0) is 16.2. The first-order valence-electron chi connectivity index (χ1n) is 7.93. The second-order valence-corrected chi connectivity index (χ2v) is 5.99. The fraction of sp³-hybridized carbons (Fsp3) is 0.316. The van der Waals surface area contributed by atoms with Crippen LogP contribution in [0.2, 0.25) is 0 Å². The van der Waals surface area contributed by atoms with Gasteiger partial charge in [-0.1, -0.05) is 30.3 Å². The quantitative estimate of drug-likeness (QED) is 0.943. The van der Waals surface area contributed by atoms with Gasteiger partial charge in [-0.2, -0.15) is 0 Å². The van der Waals surface area contributed by atoms with Gasteiger partial charge in [0.15, 0.2) is 0 Å². The molecule has 1 N–H and O–H groups in total. The van der Waals surface area contributed by atoms with Crippen LogP contribution in [-0.2, 0) is 0 Å². The number of nitrogens with zero attached hydrogens (tertiary/aromatic N) is 1. The molecule has 1 saturated heterocycles. The smallest absolute Gasteiger partial charge is 0.253 e. The third kappa shape index (κ3) is 3.59. The molecule has 0 radical (unpaired) electrons. The van der Waals surface area contributed by atoms with Crippen molar-refractivity contribution < 1.29 is 14.3 Å². The van der Waals surface area contributed by atoms with Crippen molar-refractivity contribution in [3.8, 4) is 0 Å². The van der Waals surface area contributed by atoms with Crippen LogP contribution >= 0.6 is 0 Å². The van der Waals surface area contributed by atoms with E-state index >= 15 is 0 Å². The number of halogens is 1. The van der Waals surface area contributed by atoms with Crippen LogP contribution in [0.4, 0.5) is 4.39 Å². The first-order chi connectivity index (χ1) is 11.1. The fourth-order valence-corrected chi connectivity index (χ4v) is 3.12.